The van der Waals surface area contributed by atoms with Crippen LogP contribution < -0.4 is 15.4 Å². The van der Waals surface area contributed by atoms with E-state index in [1.807, 2.05) is 42.0 Å². The number of nitrogens with two attached hydrogens (primary N) is 1. The molecule has 1 aromatic carbocycles. The zero-order valence-corrected chi connectivity index (χ0v) is 14.2. The Morgan fingerprint density at radius 2 is 2.08 bits per heavy atom. The van der Waals surface area contributed by atoms with E-state index >= 15 is 0 Å². The van der Waals surface area contributed by atoms with Gasteiger partial charge < -0.3 is 15.4 Å². The maximum Gasteiger partial charge on any atom is 0.213 e. The molecule has 0 saturated carbocycles. The molecule has 1 aliphatic heterocycles. The number of benzene rings is 1. The molecule has 3 heterocycles. The van der Waals surface area contributed by atoms with E-state index in [1.54, 1.807) is 18.4 Å². The van der Waals surface area contributed by atoms with E-state index in [4.69, 9.17) is 10.5 Å². The average molecular weight is 338 g/mol. The second kappa shape index (κ2) is 6.13. The highest BCUT2D eigenvalue weighted by molar-refractivity contribution is 7.09. The predicted octanol–water partition coefficient (Wildman–Crippen LogP) is 3.28. The van der Waals surface area contributed by atoms with Crippen molar-refractivity contribution in [2.24, 2.45) is 0 Å². The van der Waals surface area contributed by atoms with Crippen molar-refractivity contribution in [2.75, 3.05) is 24.3 Å². The number of anilines is 2. The molecule has 5 nitrogen and oxygen atoms in total. The molecule has 0 fully saturated rings. The Balaban J connectivity index is 1.82. The molecule has 0 aliphatic carbocycles. The Labute approximate surface area is 144 Å². The highest BCUT2D eigenvalue weighted by atomic mass is 32.1. The van der Waals surface area contributed by atoms with Crippen molar-refractivity contribution in [3.8, 4) is 5.88 Å². The molecule has 1 unspecified atom stereocenters. The zero-order valence-electron chi connectivity index (χ0n) is 13.3. The number of nitrogen functional groups attached to an aromatic ring is 1. The van der Waals surface area contributed by atoms with Crippen LogP contribution in [0.2, 0.25) is 0 Å². The summed E-state index contributed by atoms with van der Waals surface area (Å²) < 4.78 is 5.17. The van der Waals surface area contributed by atoms with Gasteiger partial charge in [-0.05, 0) is 12.1 Å². The molecule has 2 N–H and O–H groups in total. The van der Waals surface area contributed by atoms with Crippen LogP contribution >= 0.6 is 11.3 Å². The van der Waals surface area contributed by atoms with E-state index in [0.29, 0.717) is 5.88 Å². The lowest BCUT2D eigenvalue weighted by Gasteiger charge is -2.37. The van der Waals surface area contributed by atoms with Gasteiger partial charge >= 0.3 is 0 Å². The number of nitrogens with zero attached hydrogens (tertiary/aromatic N) is 3. The van der Waals surface area contributed by atoms with E-state index in [0.717, 1.165) is 29.9 Å². The van der Waals surface area contributed by atoms with Crippen LogP contribution in [0, 0.1) is 0 Å². The highest BCUT2D eigenvalue weighted by Crippen LogP contribution is 2.41. The number of aromatic nitrogens is 2. The first kappa shape index (κ1) is 15.0. The van der Waals surface area contributed by atoms with E-state index in [2.05, 4.69) is 20.9 Å². The number of pyridine rings is 1. The third kappa shape index (κ3) is 2.49. The molecular weight excluding hydrogens is 320 g/mol. The van der Waals surface area contributed by atoms with Crippen LogP contribution in [0.25, 0.3) is 0 Å². The summed E-state index contributed by atoms with van der Waals surface area (Å²) in [5.74, 6) is 0.616. The fourth-order valence-electron chi connectivity index (χ4n) is 3.20. The minimum absolute atomic E-state index is 0.0673. The van der Waals surface area contributed by atoms with Gasteiger partial charge in [-0.3, -0.25) is 0 Å². The summed E-state index contributed by atoms with van der Waals surface area (Å²) in [5.41, 5.74) is 12.3. The SMILES string of the molecule is COc1ccc(N2CCc3ncsc3C2c2ccccc2N)cn1. The number of fused-ring (bicyclic) bond motifs is 1. The molecule has 2 aromatic heterocycles. The van der Waals surface area contributed by atoms with Gasteiger partial charge in [-0.15, -0.1) is 11.3 Å². The summed E-state index contributed by atoms with van der Waals surface area (Å²) in [6.45, 7) is 0.879. The lowest BCUT2D eigenvalue weighted by Crippen LogP contribution is -2.36. The summed E-state index contributed by atoms with van der Waals surface area (Å²) in [4.78, 5) is 12.5. The maximum absolute atomic E-state index is 6.29. The Morgan fingerprint density at radius 3 is 2.83 bits per heavy atom. The molecular formula is C18H18N4OS. The zero-order chi connectivity index (χ0) is 16.5. The number of methoxy groups -OCH3 is 1. The minimum Gasteiger partial charge on any atom is -0.481 e. The summed E-state index contributed by atoms with van der Waals surface area (Å²) in [7, 11) is 1.62. The first-order valence-electron chi connectivity index (χ1n) is 7.81. The number of rotatable bonds is 3. The van der Waals surface area contributed by atoms with Gasteiger partial charge in [0.1, 0.15) is 0 Å². The van der Waals surface area contributed by atoms with Crippen molar-refractivity contribution >= 4 is 22.7 Å². The third-order valence-electron chi connectivity index (χ3n) is 4.37. The van der Waals surface area contributed by atoms with Gasteiger partial charge in [0, 0.05) is 30.3 Å². The Bertz CT molecular complexity index is 846. The molecule has 24 heavy (non-hydrogen) atoms. The van der Waals surface area contributed by atoms with Crippen molar-refractivity contribution < 1.29 is 4.74 Å². The van der Waals surface area contributed by atoms with Gasteiger partial charge in [0.05, 0.1) is 41.1 Å². The topological polar surface area (TPSA) is 64.3 Å². The monoisotopic (exact) mass is 338 g/mol. The Hall–Kier alpha value is -2.60. The van der Waals surface area contributed by atoms with Gasteiger partial charge in [0.2, 0.25) is 5.88 Å². The van der Waals surface area contributed by atoms with Crippen molar-refractivity contribution in [1.82, 2.24) is 9.97 Å². The summed E-state index contributed by atoms with van der Waals surface area (Å²) in [5, 5.41) is 0. The molecule has 0 saturated heterocycles. The van der Waals surface area contributed by atoms with Gasteiger partial charge in [-0.1, -0.05) is 18.2 Å². The number of thiazole rings is 1. The standard InChI is InChI=1S/C18H18N4OS/c1-23-16-7-6-12(10-20-16)22-9-8-15-18(24-11-21-15)17(22)13-4-2-3-5-14(13)19/h2-7,10-11,17H,8-9,19H2,1H3. The quantitative estimate of drug-likeness (QED) is 0.743. The average Bonchev–Trinajstić information content (AvgIpc) is 3.10. The largest absolute Gasteiger partial charge is 0.481 e. The number of hydrogen-bond donors (Lipinski definition) is 1. The molecule has 1 atom stereocenters. The second-order valence-electron chi connectivity index (χ2n) is 5.70. The van der Waals surface area contributed by atoms with E-state index in [1.165, 1.54) is 10.6 Å². The van der Waals surface area contributed by atoms with Gasteiger partial charge in [0.15, 0.2) is 0 Å². The summed E-state index contributed by atoms with van der Waals surface area (Å²) in [6.07, 6.45) is 2.78. The molecule has 6 heteroatoms. The van der Waals surface area contributed by atoms with Crippen molar-refractivity contribution in [1.29, 1.82) is 0 Å². The third-order valence-corrected chi connectivity index (χ3v) is 5.30. The van der Waals surface area contributed by atoms with Crippen LogP contribution in [0.5, 0.6) is 5.88 Å². The van der Waals surface area contributed by atoms with Gasteiger partial charge in [-0.2, -0.15) is 0 Å². The molecule has 3 aromatic rings. The summed E-state index contributed by atoms with van der Waals surface area (Å²) >= 11 is 1.69. The smallest absolute Gasteiger partial charge is 0.213 e. The molecule has 0 radical (unpaired) electrons. The maximum atomic E-state index is 6.29. The van der Waals surface area contributed by atoms with Crippen LogP contribution in [0.3, 0.4) is 0 Å². The Kier molecular flexibility index (Phi) is 3.82. The normalized spacial score (nSPS) is 16.7. The van der Waals surface area contributed by atoms with Crippen LogP contribution in [-0.2, 0) is 6.42 Å². The predicted molar refractivity (Wildman–Crippen MR) is 96.7 cm³/mol. The van der Waals surface area contributed by atoms with E-state index < -0.39 is 0 Å². The number of ether oxygens (including phenoxy) is 1. The van der Waals surface area contributed by atoms with E-state index in [9.17, 15) is 0 Å². The number of para-hydroxylation sites is 1. The van der Waals surface area contributed by atoms with Gasteiger partial charge in [-0.25, -0.2) is 9.97 Å². The van der Waals surface area contributed by atoms with Crippen LogP contribution in [0.4, 0.5) is 11.4 Å². The molecule has 4 rings (SSSR count). The van der Waals surface area contributed by atoms with Crippen LogP contribution in [-0.4, -0.2) is 23.6 Å². The lowest BCUT2D eigenvalue weighted by molar-refractivity contribution is 0.398. The second-order valence-corrected chi connectivity index (χ2v) is 6.58. The first-order chi connectivity index (χ1) is 11.8. The van der Waals surface area contributed by atoms with Crippen molar-refractivity contribution in [3.05, 3.63) is 64.2 Å². The van der Waals surface area contributed by atoms with Crippen molar-refractivity contribution in [3.63, 3.8) is 0 Å². The Morgan fingerprint density at radius 1 is 1.21 bits per heavy atom. The summed E-state index contributed by atoms with van der Waals surface area (Å²) in [6, 6.07) is 12.1. The fourth-order valence-corrected chi connectivity index (χ4v) is 4.16. The first-order valence-corrected chi connectivity index (χ1v) is 8.69. The highest BCUT2D eigenvalue weighted by Gasteiger charge is 2.32. The molecule has 0 spiro atoms. The van der Waals surface area contributed by atoms with Crippen LogP contribution in [0.15, 0.2) is 48.1 Å². The minimum atomic E-state index is 0.0673. The van der Waals surface area contributed by atoms with Crippen molar-refractivity contribution in [2.45, 2.75) is 12.5 Å². The fraction of sp³-hybridized carbons (Fsp3) is 0.222. The van der Waals surface area contributed by atoms with Gasteiger partial charge in [0.25, 0.3) is 0 Å². The van der Waals surface area contributed by atoms with E-state index in [-0.39, 0.29) is 6.04 Å². The molecule has 122 valence electrons. The molecule has 0 bridgehead atoms. The molecule has 1 aliphatic rings. The van der Waals surface area contributed by atoms with Crippen LogP contribution in [0.1, 0.15) is 22.2 Å². The number of hydrogen-bond acceptors (Lipinski definition) is 6. The molecule has 0 amide bonds. The lowest BCUT2D eigenvalue weighted by atomic mass is 9.96.